The van der Waals surface area contributed by atoms with Gasteiger partial charge in [-0.2, -0.15) is 0 Å². The van der Waals surface area contributed by atoms with Crippen LogP contribution in [0.4, 0.5) is 4.39 Å². The van der Waals surface area contributed by atoms with Crippen molar-refractivity contribution in [3.8, 4) is 0 Å². The van der Waals surface area contributed by atoms with Gasteiger partial charge in [0.1, 0.15) is 12.4 Å². The first kappa shape index (κ1) is 12.6. The summed E-state index contributed by atoms with van der Waals surface area (Å²) in [7, 11) is 0. The van der Waals surface area contributed by atoms with E-state index in [1.165, 1.54) is 12.1 Å². The van der Waals surface area contributed by atoms with Gasteiger partial charge in [0, 0.05) is 13.1 Å². The Morgan fingerprint density at radius 1 is 1.47 bits per heavy atom. The van der Waals surface area contributed by atoms with Crippen molar-refractivity contribution in [2.75, 3.05) is 26.3 Å². The number of carbonyl (C=O) groups excluding carboxylic acids is 1. The zero-order chi connectivity index (χ0) is 13.3. The molecule has 2 aliphatic heterocycles. The van der Waals surface area contributed by atoms with Gasteiger partial charge in [-0.15, -0.1) is 0 Å². The highest BCUT2D eigenvalue weighted by molar-refractivity contribution is 5.79. The number of rotatable bonds is 2. The molecular formula is C14H17FN2O2. The summed E-state index contributed by atoms with van der Waals surface area (Å²) < 4.78 is 18.7. The molecule has 2 aliphatic rings. The zero-order valence-electron chi connectivity index (χ0n) is 10.7. The lowest BCUT2D eigenvalue weighted by Gasteiger charge is -2.44. The summed E-state index contributed by atoms with van der Waals surface area (Å²) in [6, 6.07) is 6.42. The van der Waals surface area contributed by atoms with E-state index in [0.717, 1.165) is 25.1 Å². The number of carbonyl (C=O) groups is 1. The molecule has 0 aromatic heterocycles. The molecule has 1 atom stereocenters. The minimum absolute atomic E-state index is 0.0146. The molecule has 1 aromatic rings. The van der Waals surface area contributed by atoms with Gasteiger partial charge in [-0.25, -0.2) is 4.39 Å². The Morgan fingerprint density at radius 2 is 2.37 bits per heavy atom. The topological polar surface area (TPSA) is 41.6 Å². The predicted molar refractivity (Wildman–Crippen MR) is 68.0 cm³/mol. The average molecular weight is 264 g/mol. The van der Waals surface area contributed by atoms with Crippen LogP contribution in [-0.4, -0.2) is 42.6 Å². The molecule has 2 heterocycles. The summed E-state index contributed by atoms with van der Waals surface area (Å²) >= 11 is 0. The molecule has 1 amide bonds. The Morgan fingerprint density at radius 3 is 3.11 bits per heavy atom. The molecule has 0 saturated carbocycles. The summed E-state index contributed by atoms with van der Waals surface area (Å²) in [5.74, 6) is -0.281. The first-order valence-corrected chi connectivity index (χ1v) is 6.53. The smallest absolute Gasteiger partial charge is 0.249 e. The van der Waals surface area contributed by atoms with Gasteiger partial charge in [0.15, 0.2) is 0 Å². The summed E-state index contributed by atoms with van der Waals surface area (Å²) in [5.41, 5.74) is 0.559. The fourth-order valence-electron chi connectivity index (χ4n) is 2.91. The van der Waals surface area contributed by atoms with Crippen molar-refractivity contribution in [1.29, 1.82) is 0 Å². The third-order valence-corrected chi connectivity index (χ3v) is 3.92. The van der Waals surface area contributed by atoms with Gasteiger partial charge in [-0.05, 0) is 30.7 Å². The summed E-state index contributed by atoms with van der Waals surface area (Å²) in [6.07, 6.45) is 0.883. The minimum atomic E-state index is -0.267. The number of morpholine rings is 1. The zero-order valence-corrected chi connectivity index (χ0v) is 10.7. The Balaban J connectivity index is 1.85. The Labute approximate surface area is 111 Å². The average Bonchev–Trinajstić information content (AvgIpc) is 2.84. The summed E-state index contributed by atoms with van der Waals surface area (Å²) in [5, 5.41) is 3.28. The highest BCUT2D eigenvalue weighted by atomic mass is 19.1. The monoisotopic (exact) mass is 264 g/mol. The highest BCUT2D eigenvalue weighted by Crippen LogP contribution is 2.29. The molecule has 1 spiro atoms. The van der Waals surface area contributed by atoms with Crippen molar-refractivity contribution < 1.29 is 13.9 Å². The summed E-state index contributed by atoms with van der Waals surface area (Å²) in [4.78, 5) is 14.0. The van der Waals surface area contributed by atoms with Gasteiger partial charge >= 0.3 is 0 Å². The highest BCUT2D eigenvalue weighted by Gasteiger charge is 2.45. The van der Waals surface area contributed by atoms with Gasteiger partial charge in [0.05, 0.1) is 12.1 Å². The number of nitrogens with zero attached hydrogens (tertiary/aromatic N) is 1. The second-order valence-electron chi connectivity index (χ2n) is 5.25. The van der Waals surface area contributed by atoms with E-state index in [1.807, 2.05) is 11.0 Å². The number of hydrogen-bond donors (Lipinski definition) is 1. The molecule has 102 valence electrons. The summed E-state index contributed by atoms with van der Waals surface area (Å²) in [6.45, 7) is 2.75. The van der Waals surface area contributed by atoms with Crippen molar-refractivity contribution in [3.63, 3.8) is 0 Å². The third-order valence-electron chi connectivity index (χ3n) is 3.92. The van der Waals surface area contributed by atoms with Gasteiger partial charge in [0.2, 0.25) is 5.91 Å². The Hall–Kier alpha value is -1.46. The molecule has 19 heavy (non-hydrogen) atoms. The number of ether oxygens (including phenoxy) is 1. The normalized spacial score (nSPS) is 27.2. The minimum Gasteiger partial charge on any atom is -0.369 e. The SMILES string of the molecule is O=C1COCC2(CCNC2)N1Cc1cccc(F)c1. The van der Waals surface area contributed by atoms with E-state index in [4.69, 9.17) is 4.74 Å². The van der Waals surface area contributed by atoms with Crippen LogP contribution in [0.3, 0.4) is 0 Å². The number of halogens is 1. The Bertz CT molecular complexity index is 486. The molecule has 1 aromatic carbocycles. The Kier molecular flexibility index (Phi) is 3.24. The first-order valence-electron chi connectivity index (χ1n) is 6.53. The van der Waals surface area contributed by atoms with Gasteiger partial charge in [0.25, 0.3) is 0 Å². The molecular weight excluding hydrogens is 247 g/mol. The van der Waals surface area contributed by atoms with Crippen molar-refractivity contribution in [2.24, 2.45) is 0 Å². The van der Waals surface area contributed by atoms with E-state index in [0.29, 0.717) is 13.2 Å². The van der Waals surface area contributed by atoms with E-state index in [9.17, 15) is 9.18 Å². The number of hydrogen-bond acceptors (Lipinski definition) is 3. The van der Waals surface area contributed by atoms with Crippen LogP contribution in [-0.2, 0) is 16.1 Å². The number of amides is 1. The van der Waals surface area contributed by atoms with Crippen LogP contribution < -0.4 is 5.32 Å². The fourth-order valence-corrected chi connectivity index (χ4v) is 2.91. The van der Waals surface area contributed by atoms with E-state index in [1.54, 1.807) is 6.07 Å². The lowest BCUT2D eigenvalue weighted by Crippen LogP contribution is -2.60. The van der Waals surface area contributed by atoms with Crippen molar-refractivity contribution in [1.82, 2.24) is 10.2 Å². The van der Waals surface area contributed by atoms with Gasteiger partial charge in [-0.1, -0.05) is 12.1 Å². The van der Waals surface area contributed by atoms with Crippen LogP contribution >= 0.6 is 0 Å². The van der Waals surface area contributed by atoms with Crippen molar-refractivity contribution in [2.45, 2.75) is 18.5 Å². The van der Waals surface area contributed by atoms with Crippen LogP contribution in [0.5, 0.6) is 0 Å². The van der Waals surface area contributed by atoms with Crippen LogP contribution in [0.1, 0.15) is 12.0 Å². The van der Waals surface area contributed by atoms with Crippen molar-refractivity contribution in [3.05, 3.63) is 35.6 Å². The van der Waals surface area contributed by atoms with Gasteiger partial charge in [-0.3, -0.25) is 4.79 Å². The molecule has 2 fully saturated rings. The van der Waals surface area contributed by atoms with Crippen LogP contribution in [0.2, 0.25) is 0 Å². The fraction of sp³-hybridized carbons (Fsp3) is 0.500. The largest absolute Gasteiger partial charge is 0.369 e. The molecule has 5 heteroatoms. The quantitative estimate of drug-likeness (QED) is 0.863. The van der Waals surface area contributed by atoms with Crippen LogP contribution in [0, 0.1) is 5.82 Å². The molecule has 4 nitrogen and oxygen atoms in total. The molecule has 0 radical (unpaired) electrons. The van der Waals surface area contributed by atoms with Crippen molar-refractivity contribution >= 4 is 5.91 Å². The molecule has 3 rings (SSSR count). The van der Waals surface area contributed by atoms with Crippen LogP contribution in [0.15, 0.2) is 24.3 Å². The second-order valence-corrected chi connectivity index (χ2v) is 5.25. The lowest BCUT2D eigenvalue weighted by atomic mass is 9.94. The standard InChI is InChI=1S/C14H17FN2O2/c15-12-3-1-2-11(6-12)7-17-13(18)8-19-10-14(17)4-5-16-9-14/h1-3,6,16H,4-5,7-10H2. The van der Waals surface area contributed by atoms with E-state index >= 15 is 0 Å². The maximum atomic E-state index is 13.2. The molecule has 1 N–H and O–H groups in total. The van der Waals surface area contributed by atoms with Gasteiger partial charge < -0.3 is 15.0 Å². The molecule has 1 unspecified atom stereocenters. The lowest BCUT2D eigenvalue weighted by molar-refractivity contribution is -0.157. The number of nitrogens with one attached hydrogen (secondary N) is 1. The maximum Gasteiger partial charge on any atom is 0.249 e. The van der Waals surface area contributed by atoms with E-state index in [2.05, 4.69) is 5.32 Å². The molecule has 0 bridgehead atoms. The second kappa shape index (κ2) is 4.90. The molecule has 0 aliphatic carbocycles. The van der Waals surface area contributed by atoms with Crippen LogP contribution in [0.25, 0.3) is 0 Å². The molecule has 2 saturated heterocycles. The maximum absolute atomic E-state index is 13.2. The van der Waals surface area contributed by atoms with E-state index < -0.39 is 0 Å². The predicted octanol–water partition coefficient (Wildman–Crippen LogP) is 0.917. The van der Waals surface area contributed by atoms with E-state index in [-0.39, 0.29) is 23.9 Å². The first-order chi connectivity index (χ1) is 9.20. The number of benzene rings is 1. The third kappa shape index (κ3) is 2.35.